The van der Waals surface area contributed by atoms with E-state index in [0.717, 1.165) is 23.2 Å². The van der Waals surface area contributed by atoms with Crippen LogP contribution in [0.2, 0.25) is 0 Å². The van der Waals surface area contributed by atoms with E-state index in [1.54, 1.807) is 25.4 Å². The van der Waals surface area contributed by atoms with Gasteiger partial charge in [-0.05, 0) is 29.3 Å². The fourth-order valence-corrected chi connectivity index (χ4v) is 2.49. The van der Waals surface area contributed by atoms with Crippen molar-refractivity contribution < 1.29 is 37.1 Å². The molecule has 1 aliphatic rings. The van der Waals surface area contributed by atoms with Crippen molar-refractivity contribution in [2.75, 3.05) is 11.9 Å². The van der Waals surface area contributed by atoms with Gasteiger partial charge in [-0.1, -0.05) is 17.8 Å². The van der Waals surface area contributed by atoms with Crippen LogP contribution in [0.25, 0.3) is 16.4 Å². The predicted octanol–water partition coefficient (Wildman–Crippen LogP) is 3.12. The van der Waals surface area contributed by atoms with Crippen molar-refractivity contribution in [2.24, 2.45) is 0 Å². The zero-order chi connectivity index (χ0) is 15.5. The van der Waals surface area contributed by atoms with Crippen molar-refractivity contribution >= 4 is 17.7 Å². The van der Waals surface area contributed by atoms with Crippen LogP contribution in [0.15, 0.2) is 36.5 Å². The fourth-order valence-electron chi connectivity index (χ4n) is 2.49. The third kappa shape index (κ3) is 3.82. The quantitative estimate of drug-likeness (QED) is 0.761. The van der Waals surface area contributed by atoms with Gasteiger partial charge in [0.05, 0.1) is 0 Å². The Morgan fingerprint density at radius 3 is 2.83 bits per heavy atom. The van der Waals surface area contributed by atoms with Gasteiger partial charge in [-0.25, -0.2) is 14.4 Å². The molecule has 115 valence electrons. The number of anilines is 1. The van der Waals surface area contributed by atoms with E-state index in [9.17, 15) is 4.39 Å². The van der Waals surface area contributed by atoms with E-state index in [-0.39, 0.29) is 38.5 Å². The molecular weight excluding hydrogens is 370 g/mol. The second kappa shape index (κ2) is 7.75. The Morgan fingerprint density at radius 2 is 2.09 bits per heavy atom. The summed E-state index contributed by atoms with van der Waals surface area (Å²) in [5, 5.41) is 12.9. The topological polar surface area (TPSA) is 65.4 Å². The van der Waals surface area contributed by atoms with Crippen LogP contribution in [0.5, 0.6) is 0 Å². The van der Waals surface area contributed by atoms with Gasteiger partial charge in [0.15, 0.2) is 0 Å². The first-order valence-electron chi connectivity index (χ1n) is 6.84. The summed E-state index contributed by atoms with van der Waals surface area (Å²) in [5.41, 5.74) is 2.56. The number of rotatable bonds is 4. The van der Waals surface area contributed by atoms with Gasteiger partial charge in [0.25, 0.3) is 0 Å². The minimum atomic E-state index is -0.225. The average Bonchev–Trinajstić information content (AvgIpc) is 2.96. The van der Waals surface area contributed by atoms with Gasteiger partial charge in [0.1, 0.15) is 17.5 Å². The van der Waals surface area contributed by atoms with Gasteiger partial charge in [-0.15, -0.1) is 7.05 Å². The molecule has 3 rings (SSSR count). The summed E-state index contributed by atoms with van der Waals surface area (Å²) in [4.78, 5) is 10.7. The zero-order valence-electron chi connectivity index (χ0n) is 12.6. The van der Waals surface area contributed by atoms with Crippen LogP contribution in [-0.4, -0.2) is 23.2 Å². The SMILES string of the molecule is C[N-]/C(=C\C=[N-])c1nccc(N2Cc3ccc(F)cc3C2)n1.[Y]. The third-order valence-electron chi connectivity index (χ3n) is 3.56. The minimum absolute atomic E-state index is 0. The van der Waals surface area contributed by atoms with Crippen molar-refractivity contribution in [1.82, 2.24) is 9.97 Å². The Kier molecular flexibility index (Phi) is 5.96. The Morgan fingerprint density at radius 1 is 1.30 bits per heavy atom. The van der Waals surface area contributed by atoms with Gasteiger partial charge in [0.2, 0.25) is 0 Å². The van der Waals surface area contributed by atoms with E-state index in [2.05, 4.69) is 15.3 Å². The molecule has 2 heterocycles. The Balaban J connectivity index is 0.00000192. The average molecular weight is 384 g/mol. The monoisotopic (exact) mass is 384 g/mol. The van der Waals surface area contributed by atoms with Crippen LogP contribution in [0, 0.1) is 5.82 Å². The maximum atomic E-state index is 13.3. The normalized spacial score (nSPS) is 13.3. The summed E-state index contributed by atoms with van der Waals surface area (Å²) in [6.07, 6.45) is 4.00. The minimum Gasteiger partial charge on any atom is -0.811 e. The molecule has 1 aliphatic heterocycles. The van der Waals surface area contributed by atoms with Gasteiger partial charge >= 0.3 is 0 Å². The molecule has 0 N–H and O–H groups in total. The van der Waals surface area contributed by atoms with Gasteiger partial charge in [0, 0.05) is 52.0 Å². The van der Waals surface area contributed by atoms with Crippen LogP contribution in [0.1, 0.15) is 17.0 Å². The maximum Gasteiger partial charge on any atom is 0.139 e. The number of hydrogen-bond donors (Lipinski definition) is 0. The molecule has 0 bridgehead atoms. The van der Waals surface area contributed by atoms with Crippen molar-refractivity contribution in [1.29, 1.82) is 0 Å². The Bertz CT molecular complexity index is 747. The fraction of sp³-hybridized carbons (Fsp3) is 0.188. The van der Waals surface area contributed by atoms with Gasteiger partial charge in [-0.2, -0.15) is 6.21 Å². The maximum absolute atomic E-state index is 13.3. The first kappa shape index (κ1) is 17.7. The number of hydrogen-bond acceptors (Lipinski definition) is 3. The number of benzene rings is 1. The molecule has 0 aliphatic carbocycles. The summed E-state index contributed by atoms with van der Waals surface area (Å²) in [5.74, 6) is 0.957. The number of allylic oxidation sites excluding steroid dienone is 1. The van der Waals surface area contributed by atoms with E-state index in [0.29, 0.717) is 24.6 Å². The molecule has 0 saturated heterocycles. The van der Waals surface area contributed by atoms with E-state index in [1.807, 2.05) is 11.0 Å². The van der Waals surface area contributed by atoms with Crippen molar-refractivity contribution in [3.63, 3.8) is 0 Å². The Labute approximate surface area is 159 Å². The molecule has 0 spiro atoms. The standard InChI is InChI=1S/C16H14FN5.Y/c1-19-14(4-6-18)16-20-7-5-15(21-16)22-9-11-2-3-13(17)8-12(11)10-22;/h2-8H,9-10H2,1H3;/q-2;/b14-4-;. The zero-order valence-corrected chi connectivity index (χ0v) is 15.5. The molecule has 0 fully saturated rings. The van der Waals surface area contributed by atoms with Gasteiger partial charge in [-0.3, -0.25) is 0 Å². The summed E-state index contributed by atoms with van der Waals surface area (Å²) in [6, 6.07) is 6.65. The molecule has 0 atom stereocenters. The molecule has 2 aromatic rings. The summed E-state index contributed by atoms with van der Waals surface area (Å²) in [6.45, 7) is 1.29. The summed E-state index contributed by atoms with van der Waals surface area (Å²) >= 11 is 0. The summed E-state index contributed by atoms with van der Waals surface area (Å²) in [7, 11) is 1.61. The largest absolute Gasteiger partial charge is 0.811 e. The van der Waals surface area contributed by atoms with E-state index in [4.69, 9.17) is 5.41 Å². The molecule has 1 aromatic heterocycles. The smallest absolute Gasteiger partial charge is 0.139 e. The molecule has 5 nitrogen and oxygen atoms in total. The van der Waals surface area contributed by atoms with Crippen LogP contribution in [0.3, 0.4) is 0 Å². The number of aromatic nitrogens is 2. The van der Waals surface area contributed by atoms with Crippen molar-refractivity contribution in [3.8, 4) is 0 Å². The van der Waals surface area contributed by atoms with Gasteiger partial charge < -0.3 is 15.6 Å². The van der Waals surface area contributed by atoms with E-state index < -0.39 is 0 Å². The van der Waals surface area contributed by atoms with Crippen molar-refractivity contribution in [3.05, 3.63) is 70.0 Å². The van der Waals surface area contributed by atoms with E-state index >= 15 is 0 Å². The molecule has 1 radical (unpaired) electrons. The second-order valence-electron chi connectivity index (χ2n) is 4.93. The van der Waals surface area contributed by atoms with E-state index in [1.165, 1.54) is 12.1 Å². The first-order valence-corrected chi connectivity index (χ1v) is 6.84. The van der Waals surface area contributed by atoms with Crippen LogP contribution < -0.4 is 4.90 Å². The number of fused-ring (bicyclic) bond motifs is 1. The summed E-state index contributed by atoms with van der Waals surface area (Å²) < 4.78 is 13.3. The third-order valence-corrected chi connectivity index (χ3v) is 3.56. The van der Waals surface area contributed by atoms with Crippen LogP contribution in [-0.2, 0) is 45.8 Å². The predicted molar refractivity (Wildman–Crippen MR) is 85.0 cm³/mol. The number of halogens is 1. The first-order chi connectivity index (χ1) is 10.7. The van der Waals surface area contributed by atoms with Crippen molar-refractivity contribution in [2.45, 2.75) is 13.1 Å². The van der Waals surface area contributed by atoms with Crippen LogP contribution in [0.4, 0.5) is 10.2 Å². The van der Waals surface area contributed by atoms with Crippen LogP contribution >= 0.6 is 0 Å². The molecule has 0 amide bonds. The molecule has 1 aromatic carbocycles. The molecule has 0 saturated carbocycles. The Hall–Kier alpha value is -1.66. The molecule has 0 unspecified atom stereocenters. The number of nitrogens with zero attached hydrogens (tertiary/aromatic N) is 5. The molecular formula is C16H14FN5Y-2. The second-order valence-corrected chi connectivity index (χ2v) is 4.93. The molecule has 7 heteroatoms. The molecule has 23 heavy (non-hydrogen) atoms.